The number of aromatic carboxylic acids is 1. The molecular weight excluding hydrogens is 405 g/mol. The van der Waals surface area contributed by atoms with E-state index in [0.29, 0.717) is 22.4 Å². The zero-order valence-corrected chi connectivity index (χ0v) is 16.4. The van der Waals surface area contributed by atoms with Crippen molar-refractivity contribution < 1.29 is 14.7 Å². The molecule has 1 amide bonds. The second kappa shape index (κ2) is 8.45. The summed E-state index contributed by atoms with van der Waals surface area (Å²) in [5, 5.41) is 20.9. The zero-order chi connectivity index (χ0) is 20.3. The van der Waals surface area contributed by atoms with Gasteiger partial charge in [-0.3, -0.25) is 14.2 Å². The number of carboxylic acid groups (broad SMARTS) is 1. The number of hydrogen-bond acceptors (Lipinski definition) is 4. The second-order valence-corrected chi connectivity index (χ2v) is 6.98. The Labute approximate surface area is 170 Å². The number of rotatable bonds is 7. The van der Waals surface area contributed by atoms with Crippen molar-refractivity contribution in [3.05, 3.63) is 63.5 Å². The molecule has 0 unspecified atom stereocenters. The van der Waals surface area contributed by atoms with Gasteiger partial charge in [0.25, 0.3) is 0 Å². The van der Waals surface area contributed by atoms with Crippen LogP contribution in [0.2, 0.25) is 10.0 Å². The summed E-state index contributed by atoms with van der Waals surface area (Å²) in [5.74, 6) is -0.925. The summed E-state index contributed by atoms with van der Waals surface area (Å²) in [4.78, 5) is 23.0. The average Bonchev–Trinajstić information content (AvgIpc) is 3.23. The number of benzene rings is 1. The monoisotopic (exact) mass is 421 g/mol. The van der Waals surface area contributed by atoms with Gasteiger partial charge < -0.3 is 10.4 Å². The summed E-state index contributed by atoms with van der Waals surface area (Å²) in [6.07, 6.45) is 1.65. The first-order chi connectivity index (χ1) is 13.3. The van der Waals surface area contributed by atoms with Crippen LogP contribution in [-0.4, -0.2) is 36.5 Å². The Kier molecular flexibility index (Phi) is 6.01. The number of carbonyl (C=O) groups excluding carboxylic acids is 1. The third-order valence-corrected chi connectivity index (χ3v) is 4.60. The van der Waals surface area contributed by atoms with Crippen molar-refractivity contribution in [2.75, 3.05) is 5.32 Å². The highest BCUT2D eigenvalue weighted by atomic mass is 35.5. The maximum atomic E-state index is 12.1. The molecule has 0 aliphatic rings. The molecule has 0 atom stereocenters. The molecule has 0 spiro atoms. The minimum Gasteiger partial charge on any atom is -0.476 e. The number of nitrogens with one attached hydrogen (secondary N) is 1. The molecule has 1 aromatic carbocycles. The molecule has 0 bridgehead atoms. The van der Waals surface area contributed by atoms with Crippen molar-refractivity contribution in [2.45, 2.75) is 26.4 Å². The molecule has 0 saturated carbocycles. The molecule has 0 radical (unpaired) electrons. The van der Waals surface area contributed by atoms with E-state index >= 15 is 0 Å². The number of halogens is 2. The molecule has 2 N–H and O–H groups in total. The predicted molar refractivity (Wildman–Crippen MR) is 105 cm³/mol. The van der Waals surface area contributed by atoms with E-state index in [-0.39, 0.29) is 24.6 Å². The van der Waals surface area contributed by atoms with Gasteiger partial charge in [0.15, 0.2) is 11.5 Å². The summed E-state index contributed by atoms with van der Waals surface area (Å²) in [6.45, 7) is 2.59. The fourth-order valence-corrected chi connectivity index (χ4v) is 3.03. The lowest BCUT2D eigenvalue weighted by molar-refractivity contribution is -0.116. The van der Waals surface area contributed by atoms with Crippen LogP contribution >= 0.6 is 23.2 Å². The van der Waals surface area contributed by atoms with Crippen LogP contribution in [0, 0.1) is 6.92 Å². The van der Waals surface area contributed by atoms with E-state index in [1.165, 1.54) is 16.9 Å². The number of nitrogens with zero attached hydrogens (tertiary/aromatic N) is 4. The predicted octanol–water partition coefficient (Wildman–Crippen LogP) is 3.47. The number of anilines is 1. The van der Waals surface area contributed by atoms with Gasteiger partial charge in [-0.25, -0.2) is 4.79 Å². The van der Waals surface area contributed by atoms with Crippen molar-refractivity contribution in [3.63, 3.8) is 0 Å². The van der Waals surface area contributed by atoms with Gasteiger partial charge >= 0.3 is 5.97 Å². The molecule has 146 valence electrons. The zero-order valence-electron chi connectivity index (χ0n) is 14.9. The minimum atomic E-state index is -1.11. The molecule has 8 nitrogen and oxygen atoms in total. The third-order valence-electron chi connectivity index (χ3n) is 4.01. The standard InChI is InChI=1S/C18H17Cl2N5O3/c1-11-8-16(23-25(11)10-12-2-3-13(19)9-14(12)20)21-17(26)5-7-24-6-4-15(22-24)18(27)28/h2-4,6,8-9H,5,7,10H2,1H3,(H,27,28)(H,21,23,26). The lowest BCUT2D eigenvalue weighted by atomic mass is 10.2. The first kappa shape index (κ1) is 19.9. The Morgan fingerprint density at radius 2 is 1.96 bits per heavy atom. The largest absolute Gasteiger partial charge is 0.476 e. The van der Waals surface area contributed by atoms with E-state index in [9.17, 15) is 9.59 Å². The number of hydrogen-bond donors (Lipinski definition) is 2. The van der Waals surface area contributed by atoms with Gasteiger partial charge in [0.2, 0.25) is 5.91 Å². The van der Waals surface area contributed by atoms with Crippen LogP contribution in [-0.2, 0) is 17.9 Å². The summed E-state index contributed by atoms with van der Waals surface area (Å²) < 4.78 is 3.15. The van der Waals surface area contributed by atoms with Crippen molar-refractivity contribution in [2.24, 2.45) is 0 Å². The fourth-order valence-electron chi connectivity index (χ4n) is 2.56. The van der Waals surface area contributed by atoms with Crippen LogP contribution in [0.5, 0.6) is 0 Å². The Morgan fingerprint density at radius 3 is 2.64 bits per heavy atom. The van der Waals surface area contributed by atoms with Crippen LogP contribution in [0.25, 0.3) is 0 Å². The molecule has 0 fully saturated rings. The van der Waals surface area contributed by atoms with Crippen LogP contribution in [0.1, 0.15) is 28.2 Å². The third kappa shape index (κ3) is 4.90. The second-order valence-electron chi connectivity index (χ2n) is 6.13. The van der Waals surface area contributed by atoms with Crippen LogP contribution < -0.4 is 5.32 Å². The molecular formula is C18H17Cl2N5O3. The lowest BCUT2D eigenvalue weighted by Gasteiger charge is -2.07. The summed E-state index contributed by atoms with van der Waals surface area (Å²) in [6, 6.07) is 8.41. The lowest BCUT2D eigenvalue weighted by Crippen LogP contribution is -2.15. The Morgan fingerprint density at radius 1 is 1.18 bits per heavy atom. The fraction of sp³-hybridized carbons (Fsp3) is 0.222. The van der Waals surface area contributed by atoms with E-state index in [0.717, 1.165) is 11.3 Å². The highest BCUT2D eigenvalue weighted by molar-refractivity contribution is 6.35. The van der Waals surface area contributed by atoms with Crippen molar-refractivity contribution >= 4 is 40.9 Å². The van der Waals surface area contributed by atoms with Crippen molar-refractivity contribution in [3.8, 4) is 0 Å². The first-order valence-electron chi connectivity index (χ1n) is 8.37. The number of carbonyl (C=O) groups is 2. The maximum Gasteiger partial charge on any atom is 0.356 e. The smallest absolute Gasteiger partial charge is 0.356 e. The summed E-state index contributed by atoms with van der Waals surface area (Å²) in [7, 11) is 0. The van der Waals surface area contributed by atoms with E-state index in [1.807, 2.05) is 13.0 Å². The molecule has 0 aliphatic carbocycles. The molecule has 10 heteroatoms. The molecule has 0 saturated heterocycles. The van der Waals surface area contributed by atoms with E-state index in [1.54, 1.807) is 22.9 Å². The molecule has 28 heavy (non-hydrogen) atoms. The van der Waals surface area contributed by atoms with E-state index in [2.05, 4.69) is 15.5 Å². The molecule has 3 rings (SSSR count). The van der Waals surface area contributed by atoms with Gasteiger partial charge in [-0.1, -0.05) is 29.3 Å². The van der Waals surface area contributed by atoms with E-state index in [4.69, 9.17) is 28.3 Å². The van der Waals surface area contributed by atoms with Gasteiger partial charge in [-0.05, 0) is 30.7 Å². The Balaban J connectivity index is 1.59. The minimum absolute atomic E-state index is 0.0596. The van der Waals surface area contributed by atoms with Crippen molar-refractivity contribution in [1.29, 1.82) is 0 Å². The first-order valence-corrected chi connectivity index (χ1v) is 9.12. The maximum absolute atomic E-state index is 12.1. The molecule has 3 aromatic rings. The van der Waals surface area contributed by atoms with Crippen LogP contribution in [0.15, 0.2) is 36.5 Å². The highest BCUT2D eigenvalue weighted by Gasteiger charge is 2.11. The molecule has 0 aliphatic heterocycles. The van der Waals surface area contributed by atoms with E-state index < -0.39 is 5.97 Å². The number of aromatic nitrogens is 4. The van der Waals surface area contributed by atoms with Gasteiger partial charge in [-0.2, -0.15) is 10.2 Å². The summed E-state index contributed by atoms with van der Waals surface area (Å²) >= 11 is 12.1. The topological polar surface area (TPSA) is 102 Å². The van der Waals surface area contributed by atoms with Gasteiger partial charge in [0.05, 0.1) is 6.54 Å². The number of amides is 1. The quantitative estimate of drug-likeness (QED) is 0.607. The Hall–Kier alpha value is -2.84. The van der Waals surface area contributed by atoms with Gasteiger partial charge in [-0.15, -0.1) is 0 Å². The highest BCUT2D eigenvalue weighted by Crippen LogP contribution is 2.22. The molecule has 2 heterocycles. The SMILES string of the molecule is Cc1cc(NC(=O)CCn2ccc(C(=O)O)n2)nn1Cc1ccc(Cl)cc1Cl. The number of carboxylic acids is 1. The van der Waals surface area contributed by atoms with Crippen LogP contribution in [0.4, 0.5) is 5.82 Å². The Bertz CT molecular complexity index is 1030. The van der Waals surface area contributed by atoms with Gasteiger partial charge in [0.1, 0.15) is 0 Å². The van der Waals surface area contributed by atoms with Crippen molar-refractivity contribution in [1.82, 2.24) is 19.6 Å². The average molecular weight is 422 g/mol. The van der Waals surface area contributed by atoms with Gasteiger partial charge in [0, 0.05) is 41.0 Å². The normalized spacial score (nSPS) is 10.8. The summed E-state index contributed by atoms with van der Waals surface area (Å²) in [5.41, 5.74) is 1.66. The number of aryl methyl sites for hydroxylation is 2. The van der Waals surface area contributed by atoms with Crippen LogP contribution in [0.3, 0.4) is 0 Å². The molecule has 2 aromatic heterocycles.